The molecule has 0 aliphatic carbocycles. The predicted molar refractivity (Wildman–Crippen MR) is 128 cm³/mol. The van der Waals surface area contributed by atoms with Gasteiger partial charge in [0.05, 0.1) is 18.2 Å². The van der Waals surface area contributed by atoms with E-state index in [1.165, 1.54) is 11.9 Å². The highest BCUT2D eigenvalue weighted by atomic mass is 127. The number of anilines is 1. The van der Waals surface area contributed by atoms with E-state index in [0.717, 1.165) is 18.2 Å². The first-order valence-electron chi connectivity index (χ1n) is 10.2. The standard InChI is InChI=1S/C21H27F2IN4O3Si/c1-21(14-11-25-27(12-14)13-31-6-7-32(3,4)5)10-18(29)28(20(30)26(21)2)19-16(22)8-15(24)9-17(19)23/h8-9,11-12H,6-7,10,13H2,1-5H3/t21-/m0/s1. The van der Waals surface area contributed by atoms with E-state index in [1.807, 2.05) is 0 Å². The maximum absolute atomic E-state index is 14.5. The fraction of sp³-hybridized carbons (Fsp3) is 0.476. The molecule has 1 saturated heterocycles. The Bertz CT molecular complexity index is 1020. The van der Waals surface area contributed by atoms with Crippen LogP contribution in [-0.2, 0) is 21.8 Å². The lowest BCUT2D eigenvalue weighted by Crippen LogP contribution is -2.60. The second-order valence-electron chi connectivity index (χ2n) is 9.36. The molecule has 0 radical (unpaired) electrons. The number of carbonyl (C=O) groups is 2. The highest BCUT2D eigenvalue weighted by Gasteiger charge is 2.48. The van der Waals surface area contributed by atoms with Crippen molar-refractivity contribution in [3.63, 3.8) is 0 Å². The number of urea groups is 1. The number of nitrogens with zero attached hydrogens (tertiary/aromatic N) is 4. The smallest absolute Gasteiger partial charge is 0.332 e. The number of aromatic nitrogens is 2. The van der Waals surface area contributed by atoms with Crippen LogP contribution in [0.4, 0.5) is 19.3 Å². The third-order valence-electron chi connectivity index (χ3n) is 5.64. The van der Waals surface area contributed by atoms with Crippen molar-refractivity contribution in [3.05, 3.63) is 45.3 Å². The summed E-state index contributed by atoms with van der Waals surface area (Å²) < 4.78 is 36.6. The van der Waals surface area contributed by atoms with Gasteiger partial charge in [0, 0.05) is 37.1 Å². The lowest BCUT2D eigenvalue weighted by Gasteiger charge is -2.45. The summed E-state index contributed by atoms with van der Waals surface area (Å²) in [6, 6.07) is 2.40. The number of rotatable bonds is 7. The molecule has 1 fully saturated rings. The zero-order chi connectivity index (χ0) is 23.8. The summed E-state index contributed by atoms with van der Waals surface area (Å²) in [6.07, 6.45) is 3.16. The molecule has 0 N–H and O–H groups in total. The summed E-state index contributed by atoms with van der Waals surface area (Å²) in [5.74, 6) is -2.61. The van der Waals surface area contributed by atoms with Gasteiger partial charge in [-0.3, -0.25) is 4.79 Å². The van der Waals surface area contributed by atoms with E-state index < -0.39 is 42.9 Å². The second-order valence-corrected chi connectivity index (χ2v) is 16.2. The average molecular weight is 576 g/mol. The summed E-state index contributed by atoms with van der Waals surface area (Å²) in [5.41, 5.74) is -1.03. The maximum Gasteiger partial charge on any atom is 0.332 e. The molecule has 0 bridgehead atoms. The highest BCUT2D eigenvalue weighted by Crippen LogP contribution is 2.39. The topological polar surface area (TPSA) is 67.7 Å². The van der Waals surface area contributed by atoms with E-state index >= 15 is 0 Å². The summed E-state index contributed by atoms with van der Waals surface area (Å²) in [7, 11) is 0.312. The molecule has 11 heteroatoms. The van der Waals surface area contributed by atoms with Gasteiger partial charge in [-0.25, -0.2) is 23.2 Å². The van der Waals surface area contributed by atoms with Crippen LogP contribution in [0.3, 0.4) is 0 Å². The minimum atomic E-state index is -1.19. The van der Waals surface area contributed by atoms with Crippen molar-refractivity contribution >= 4 is 48.3 Å². The number of halogens is 3. The van der Waals surface area contributed by atoms with Crippen LogP contribution in [0.2, 0.25) is 25.7 Å². The van der Waals surface area contributed by atoms with Crippen LogP contribution in [0.5, 0.6) is 0 Å². The van der Waals surface area contributed by atoms with Crippen molar-refractivity contribution in [2.45, 2.75) is 51.3 Å². The molecular weight excluding hydrogens is 549 g/mol. The first kappa shape index (κ1) is 24.8. The van der Waals surface area contributed by atoms with Gasteiger partial charge in [-0.2, -0.15) is 5.10 Å². The maximum atomic E-state index is 14.5. The molecule has 1 aromatic carbocycles. The number of amides is 3. The molecule has 0 unspecified atom stereocenters. The minimum absolute atomic E-state index is 0.151. The predicted octanol–water partition coefficient (Wildman–Crippen LogP) is 4.78. The van der Waals surface area contributed by atoms with Crippen molar-refractivity contribution in [2.75, 3.05) is 18.6 Å². The Labute approximate surface area is 200 Å². The largest absolute Gasteiger partial charge is 0.360 e. The Morgan fingerprint density at radius 1 is 1.22 bits per heavy atom. The Hall–Kier alpha value is -1.86. The van der Waals surface area contributed by atoms with Crippen LogP contribution in [0.25, 0.3) is 0 Å². The Kier molecular flexibility index (Phi) is 7.10. The highest BCUT2D eigenvalue weighted by molar-refractivity contribution is 14.1. The Morgan fingerprint density at radius 2 is 1.84 bits per heavy atom. The van der Waals surface area contributed by atoms with Crippen LogP contribution in [0.15, 0.2) is 24.5 Å². The minimum Gasteiger partial charge on any atom is -0.360 e. The quantitative estimate of drug-likeness (QED) is 0.271. The molecule has 1 atom stereocenters. The summed E-state index contributed by atoms with van der Waals surface area (Å²) in [6.45, 7) is 9.45. The summed E-state index contributed by atoms with van der Waals surface area (Å²) in [4.78, 5) is 27.9. The van der Waals surface area contributed by atoms with Gasteiger partial charge in [-0.05, 0) is 47.7 Å². The first-order chi connectivity index (χ1) is 14.8. The van der Waals surface area contributed by atoms with E-state index in [4.69, 9.17) is 4.74 Å². The van der Waals surface area contributed by atoms with Gasteiger partial charge in [0.15, 0.2) is 11.6 Å². The van der Waals surface area contributed by atoms with E-state index in [-0.39, 0.29) is 13.2 Å². The third-order valence-corrected chi connectivity index (χ3v) is 7.97. The zero-order valence-electron chi connectivity index (χ0n) is 18.8. The molecule has 0 spiro atoms. The number of benzene rings is 1. The van der Waals surface area contributed by atoms with Crippen LogP contribution in [0.1, 0.15) is 18.9 Å². The molecule has 174 valence electrons. The van der Waals surface area contributed by atoms with Crippen molar-refractivity contribution in [3.8, 4) is 0 Å². The molecule has 3 rings (SSSR count). The van der Waals surface area contributed by atoms with E-state index in [0.29, 0.717) is 20.6 Å². The SMILES string of the molecule is CN1C(=O)N(c2c(F)cc(I)cc2F)C(=O)C[C@@]1(C)c1cnn(COCC[Si](C)(C)C)c1. The monoisotopic (exact) mass is 576 g/mol. The lowest BCUT2D eigenvalue weighted by molar-refractivity contribution is -0.122. The molecular formula is C21H27F2IN4O3Si. The summed E-state index contributed by atoms with van der Waals surface area (Å²) in [5, 5.41) is 4.29. The van der Waals surface area contributed by atoms with Crippen LogP contribution < -0.4 is 4.90 Å². The van der Waals surface area contributed by atoms with Gasteiger partial charge in [0.25, 0.3) is 0 Å². The van der Waals surface area contributed by atoms with Gasteiger partial charge in [0.1, 0.15) is 12.4 Å². The van der Waals surface area contributed by atoms with Crippen LogP contribution in [-0.4, -0.2) is 48.3 Å². The van der Waals surface area contributed by atoms with Gasteiger partial charge >= 0.3 is 6.03 Å². The third kappa shape index (κ3) is 5.04. The molecule has 32 heavy (non-hydrogen) atoms. The number of imide groups is 1. The fourth-order valence-corrected chi connectivity index (χ4v) is 4.78. The van der Waals surface area contributed by atoms with Crippen molar-refractivity contribution in [1.29, 1.82) is 0 Å². The zero-order valence-corrected chi connectivity index (χ0v) is 21.9. The van der Waals surface area contributed by atoms with Crippen molar-refractivity contribution in [2.24, 2.45) is 0 Å². The van der Waals surface area contributed by atoms with Crippen LogP contribution in [0, 0.1) is 15.2 Å². The van der Waals surface area contributed by atoms with Crippen molar-refractivity contribution < 1.29 is 23.1 Å². The molecule has 1 aromatic heterocycles. The first-order valence-corrected chi connectivity index (χ1v) is 15.0. The van der Waals surface area contributed by atoms with Gasteiger partial charge in [-0.1, -0.05) is 19.6 Å². The molecule has 2 aromatic rings. The van der Waals surface area contributed by atoms with Crippen LogP contribution >= 0.6 is 22.6 Å². The number of hydrogen-bond donors (Lipinski definition) is 0. The van der Waals surface area contributed by atoms with Gasteiger partial charge < -0.3 is 9.64 Å². The van der Waals surface area contributed by atoms with Gasteiger partial charge in [-0.15, -0.1) is 0 Å². The molecule has 1 aliphatic heterocycles. The summed E-state index contributed by atoms with van der Waals surface area (Å²) >= 11 is 1.77. The van der Waals surface area contributed by atoms with E-state index in [9.17, 15) is 18.4 Å². The average Bonchev–Trinajstić information content (AvgIpc) is 3.14. The van der Waals surface area contributed by atoms with Gasteiger partial charge in [0.2, 0.25) is 5.91 Å². The van der Waals surface area contributed by atoms with E-state index in [1.54, 1.807) is 46.6 Å². The Balaban J connectivity index is 1.79. The fourth-order valence-electron chi connectivity index (χ4n) is 3.47. The molecule has 1 aliphatic rings. The number of carbonyl (C=O) groups excluding carboxylic acids is 2. The normalized spacial score (nSPS) is 19.8. The van der Waals surface area contributed by atoms with E-state index in [2.05, 4.69) is 24.7 Å². The second kappa shape index (κ2) is 9.18. The molecule has 7 nitrogen and oxygen atoms in total. The molecule has 0 saturated carbocycles. The Morgan fingerprint density at radius 3 is 2.44 bits per heavy atom. The number of hydrogen-bond acceptors (Lipinski definition) is 4. The number of ether oxygens (including phenoxy) is 1. The van der Waals surface area contributed by atoms with Crippen molar-refractivity contribution in [1.82, 2.24) is 14.7 Å². The molecule has 3 amide bonds. The lowest BCUT2D eigenvalue weighted by atomic mass is 9.87. The molecule has 2 heterocycles.